The number of piperazine rings is 1. The highest BCUT2D eigenvalue weighted by atomic mass is 16.4. The molecule has 110 valence electrons. The van der Waals surface area contributed by atoms with Crippen molar-refractivity contribution in [2.75, 3.05) is 32.7 Å². The maximum absolute atomic E-state index is 10.9. The van der Waals surface area contributed by atoms with E-state index in [2.05, 4.69) is 9.80 Å². The van der Waals surface area contributed by atoms with Gasteiger partial charge in [-0.25, -0.2) is 4.79 Å². The summed E-state index contributed by atoms with van der Waals surface area (Å²) in [4.78, 5) is 15.8. The molecule has 0 bridgehead atoms. The molecule has 0 spiro atoms. The van der Waals surface area contributed by atoms with Crippen molar-refractivity contribution in [3.8, 4) is 0 Å². The van der Waals surface area contributed by atoms with E-state index in [0.717, 1.165) is 50.0 Å². The van der Waals surface area contributed by atoms with Crippen molar-refractivity contribution in [2.45, 2.75) is 26.3 Å². The molecule has 3 rings (SSSR count). The van der Waals surface area contributed by atoms with Crippen LogP contribution in [0.5, 0.6) is 0 Å². The van der Waals surface area contributed by atoms with Crippen LogP contribution < -0.4 is 0 Å². The van der Waals surface area contributed by atoms with E-state index in [1.165, 1.54) is 19.4 Å². The minimum atomic E-state index is -0.992. The van der Waals surface area contributed by atoms with Crippen LogP contribution >= 0.6 is 0 Å². The Morgan fingerprint density at radius 3 is 2.50 bits per heavy atom. The summed E-state index contributed by atoms with van der Waals surface area (Å²) < 4.78 is 5.26. The average molecular weight is 278 g/mol. The number of carbonyl (C=O) groups is 1. The number of aryl methyl sites for hydroxylation is 1. The van der Waals surface area contributed by atoms with E-state index in [4.69, 9.17) is 9.52 Å². The third-order valence-corrected chi connectivity index (χ3v) is 4.30. The number of hydrogen-bond donors (Lipinski definition) is 1. The topological polar surface area (TPSA) is 56.9 Å². The molecule has 2 aliphatic rings. The van der Waals surface area contributed by atoms with Crippen molar-refractivity contribution < 1.29 is 14.3 Å². The fraction of sp³-hybridized carbons (Fsp3) is 0.667. The Balaban J connectivity index is 1.52. The van der Waals surface area contributed by atoms with Crippen molar-refractivity contribution in [1.29, 1.82) is 0 Å². The third-order valence-electron chi connectivity index (χ3n) is 4.30. The Morgan fingerprint density at radius 1 is 1.30 bits per heavy atom. The molecule has 0 aromatic carbocycles. The molecule has 1 aliphatic heterocycles. The van der Waals surface area contributed by atoms with E-state index >= 15 is 0 Å². The summed E-state index contributed by atoms with van der Waals surface area (Å²) in [7, 11) is 0. The predicted octanol–water partition coefficient (Wildman–Crippen LogP) is 1.81. The molecule has 1 saturated heterocycles. The third kappa shape index (κ3) is 3.22. The zero-order valence-electron chi connectivity index (χ0n) is 12.0. The van der Waals surface area contributed by atoms with Gasteiger partial charge in [-0.3, -0.25) is 4.90 Å². The molecule has 1 aromatic rings. The first-order chi connectivity index (χ1) is 9.61. The lowest BCUT2D eigenvalue weighted by Crippen LogP contribution is -2.46. The molecule has 1 saturated carbocycles. The molecular formula is C15H22N2O3. The lowest BCUT2D eigenvalue weighted by Gasteiger charge is -2.34. The largest absolute Gasteiger partial charge is 0.475 e. The SMILES string of the molecule is Cc1oc(C(=O)O)cc1CN1CCN(CC2CC2)CC1. The van der Waals surface area contributed by atoms with Gasteiger partial charge in [0, 0.05) is 44.8 Å². The molecule has 1 aromatic heterocycles. The lowest BCUT2D eigenvalue weighted by atomic mass is 10.2. The predicted molar refractivity (Wildman–Crippen MR) is 74.8 cm³/mol. The smallest absolute Gasteiger partial charge is 0.371 e. The molecule has 1 aliphatic carbocycles. The molecule has 5 nitrogen and oxygen atoms in total. The van der Waals surface area contributed by atoms with E-state index in [9.17, 15) is 4.79 Å². The van der Waals surface area contributed by atoms with Gasteiger partial charge in [0.2, 0.25) is 5.76 Å². The molecule has 2 heterocycles. The second-order valence-electron chi connectivity index (χ2n) is 6.02. The zero-order valence-corrected chi connectivity index (χ0v) is 12.0. The lowest BCUT2D eigenvalue weighted by molar-refractivity contribution is 0.0661. The summed E-state index contributed by atoms with van der Waals surface area (Å²) in [6.45, 7) is 8.25. The monoisotopic (exact) mass is 278 g/mol. The molecule has 2 fully saturated rings. The van der Waals surface area contributed by atoms with E-state index in [1.54, 1.807) is 6.07 Å². The van der Waals surface area contributed by atoms with Gasteiger partial charge in [-0.15, -0.1) is 0 Å². The summed E-state index contributed by atoms with van der Waals surface area (Å²) >= 11 is 0. The summed E-state index contributed by atoms with van der Waals surface area (Å²) in [6, 6.07) is 1.66. The maximum Gasteiger partial charge on any atom is 0.371 e. The molecule has 0 amide bonds. The first-order valence-corrected chi connectivity index (χ1v) is 7.39. The number of rotatable bonds is 5. The Bertz CT molecular complexity index is 485. The second-order valence-corrected chi connectivity index (χ2v) is 6.02. The first-order valence-electron chi connectivity index (χ1n) is 7.39. The maximum atomic E-state index is 10.9. The highest BCUT2D eigenvalue weighted by Gasteiger charge is 2.26. The van der Waals surface area contributed by atoms with Crippen LogP contribution in [0.1, 0.15) is 34.7 Å². The standard InChI is InChI=1S/C15H22N2O3/c1-11-13(8-14(20-11)15(18)19)10-17-6-4-16(5-7-17)9-12-2-3-12/h8,12H,2-7,9-10H2,1H3,(H,18,19). The molecular weight excluding hydrogens is 256 g/mol. The zero-order chi connectivity index (χ0) is 14.1. The van der Waals surface area contributed by atoms with Crippen LogP contribution in [0.3, 0.4) is 0 Å². The van der Waals surface area contributed by atoms with E-state index in [-0.39, 0.29) is 5.76 Å². The highest BCUT2D eigenvalue weighted by molar-refractivity contribution is 5.84. The Morgan fingerprint density at radius 2 is 1.95 bits per heavy atom. The van der Waals surface area contributed by atoms with Crippen LogP contribution in [-0.2, 0) is 6.54 Å². The van der Waals surface area contributed by atoms with Crippen molar-refractivity contribution >= 4 is 5.97 Å². The summed E-state index contributed by atoms with van der Waals surface area (Å²) in [5.41, 5.74) is 0.998. The van der Waals surface area contributed by atoms with Gasteiger partial charge in [0.1, 0.15) is 5.76 Å². The van der Waals surface area contributed by atoms with Crippen molar-refractivity contribution in [2.24, 2.45) is 5.92 Å². The minimum absolute atomic E-state index is 0.0462. The van der Waals surface area contributed by atoms with Crippen LogP contribution in [-0.4, -0.2) is 53.6 Å². The van der Waals surface area contributed by atoms with Crippen LogP contribution in [0.25, 0.3) is 0 Å². The van der Waals surface area contributed by atoms with Crippen molar-refractivity contribution in [3.05, 3.63) is 23.2 Å². The first kappa shape index (κ1) is 13.6. The van der Waals surface area contributed by atoms with Gasteiger partial charge >= 0.3 is 5.97 Å². The fourth-order valence-corrected chi connectivity index (χ4v) is 2.82. The van der Waals surface area contributed by atoms with Gasteiger partial charge in [0.05, 0.1) is 0 Å². The summed E-state index contributed by atoms with van der Waals surface area (Å²) in [5, 5.41) is 8.94. The summed E-state index contributed by atoms with van der Waals surface area (Å²) in [5.74, 6) is 0.733. The molecule has 0 atom stereocenters. The van der Waals surface area contributed by atoms with Gasteiger partial charge in [0.15, 0.2) is 0 Å². The molecule has 0 radical (unpaired) electrons. The van der Waals surface area contributed by atoms with Crippen molar-refractivity contribution in [3.63, 3.8) is 0 Å². The van der Waals surface area contributed by atoms with E-state index < -0.39 is 5.97 Å². The number of carboxylic acid groups (broad SMARTS) is 1. The van der Waals surface area contributed by atoms with E-state index in [0.29, 0.717) is 0 Å². The Hall–Kier alpha value is -1.33. The van der Waals surface area contributed by atoms with Gasteiger partial charge in [-0.1, -0.05) is 0 Å². The molecule has 20 heavy (non-hydrogen) atoms. The Kier molecular flexibility index (Phi) is 3.81. The van der Waals surface area contributed by atoms with Gasteiger partial charge in [-0.2, -0.15) is 0 Å². The molecule has 0 unspecified atom stereocenters. The number of hydrogen-bond acceptors (Lipinski definition) is 4. The second kappa shape index (κ2) is 5.58. The number of nitrogens with zero attached hydrogens (tertiary/aromatic N) is 2. The number of carboxylic acids is 1. The quantitative estimate of drug-likeness (QED) is 0.890. The molecule has 5 heteroatoms. The fourth-order valence-electron chi connectivity index (χ4n) is 2.82. The van der Waals surface area contributed by atoms with Crippen LogP contribution in [0.4, 0.5) is 0 Å². The Labute approximate surface area is 119 Å². The van der Waals surface area contributed by atoms with Crippen molar-refractivity contribution in [1.82, 2.24) is 9.80 Å². The average Bonchev–Trinajstić information content (AvgIpc) is 3.15. The van der Waals surface area contributed by atoms with Gasteiger partial charge in [0.25, 0.3) is 0 Å². The highest BCUT2D eigenvalue weighted by Crippen LogP contribution is 2.30. The number of furan rings is 1. The molecule has 1 N–H and O–H groups in total. The van der Waals surface area contributed by atoms with Crippen LogP contribution in [0, 0.1) is 12.8 Å². The van der Waals surface area contributed by atoms with Gasteiger partial charge in [-0.05, 0) is 31.7 Å². The van der Waals surface area contributed by atoms with Crippen LogP contribution in [0.2, 0.25) is 0 Å². The van der Waals surface area contributed by atoms with E-state index in [1.807, 2.05) is 6.92 Å². The minimum Gasteiger partial charge on any atom is -0.475 e. The number of aromatic carboxylic acids is 1. The van der Waals surface area contributed by atoms with Gasteiger partial charge < -0.3 is 14.4 Å². The normalized spacial score (nSPS) is 21.2. The summed E-state index contributed by atoms with van der Waals surface area (Å²) in [6.07, 6.45) is 2.82. The van der Waals surface area contributed by atoms with Crippen LogP contribution in [0.15, 0.2) is 10.5 Å².